The quantitative estimate of drug-likeness (QED) is 0.769. The molecule has 0 radical (unpaired) electrons. The van der Waals surface area contributed by atoms with E-state index in [1.807, 2.05) is 0 Å². The van der Waals surface area contributed by atoms with Gasteiger partial charge in [0.2, 0.25) is 4.80 Å². The lowest BCUT2D eigenvalue weighted by Crippen LogP contribution is -2.25. The summed E-state index contributed by atoms with van der Waals surface area (Å²) in [5, 5.41) is 6.08. The fourth-order valence-electron chi connectivity index (χ4n) is 2.79. The first-order chi connectivity index (χ1) is 12.8. The van der Waals surface area contributed by atoms with Crippen molar-refractivity contribution in [3.05, 3.63) is 38.6 Å². The van der Waals surface area contributed by atoms with Crippen LogP contribution in [-0.4, -0.2) is 35.5 Å². The maximum absolute atomic E-state index is 12.8. The molecule has 2 heterocycles. The molecule has 6 nitrogen and oxygen atoms in total. The van der Waals surface area contributed by atoms with Gasteiger partial charge in [0, 0.05) is 17.0 Å². The summed E-state index contributed by atoms with van der Waals surface area (Å²) in [4.78, 5) is 17.7. The predicted octanol–water partition coefficient (Wildman–Crippen LogP) is 3.82. The Labute approximate surface area is 167 Å². The van der Waals surface area contributed by atoms with E-state index in [0.717, 1.165) is 24.5 Å². The summed E-state index contributed by atoms with van der Waals surface area (Å²) in [5.74, 6) is 0.0407. The minimum atomic E-state index is -0.403. The predicted molar refractivity (Wildman–Crippen MR) is 106 cm³/mol. The molecule has 1 amide bonds. The third-order valence-electron chi connectivity index (χ3n) is 4.25. The number of methoxy groups -OCH3 is 1. The summed E-state index contributed by atoms with van der Waals surface area (Å²) in [6.45, 7) is 7.63. The van der Waals surface area contributed by atoms with Crippen molar-refractivity contribution in [3.63, 3.8) is 0 Å². The Morgan fingerprint density at radius 1 is 1.48 bits per heavy atom. The van der Waals surface area contributed by atoms with Crippen molar-refractivity contribution >= 4 is 28.8 Å². The lowest BCUT2D eigenvalue weighted by atomic mass is 9.98. The van der Waals surface area contributed by atoms with Crippen LogP contribution in [0, 0.1) is 0 Å². The molecule has 0 unspecified atom stereocenters. The van der Waals surface area contributed by atoms with E-state index in [0.29, 0.717) is 27.7 Å². The van der Waals surface area contributed by atoms with Gasteiger partial charge in [0.15, 0.2) is 0 Å². The third kappa shape index (κ3) is 4.78. The molecule has 1 aliphatic rings. The summed E-state index contributed by atoms with van der Waals surface area (Å²) < 4.78 is 12.8. The zero-order chi connectivity index (χ0) is 19.6. The second-order valence-electron chi connectivity index (χ2n) is 7.52. The summed E-state index contributed by atoms with van der Waals surface area (Å²) in [6, 6.07) is 4.92. The van der Waals surface area contributed by atoms with E-state index < -0.39 is 5.91 Å². The smallest absolute Gasteiger partial charge is 0.283 e. The Morgan fingerprint density at radius 3 is 2.89 bits per heavy atom. The van der Waals surface area contributed by atoms with Crippen LogP contribution in [0.4, 0.5) is 0 Å². The van der Waals surface area contributed by atoms with Crippen LogP contribution in [0.5, 0.6) is 5.75 Å². The minimum Gasteiger partial charge on any atom is -0.496 e. The molecule has 27 heavy (non-hydrogen) atoms. The van der Waals surface area contributed by atoms with Crippen LogP contribution in [0.3, 0.4) is 0 Å². The molecule has 1 aromatic carbocycles. The van der Waals surface area contributed by atoms with Gasteiger partial charge in [-0.3, -0.25) is 4.79 Å². The van der Waals surface area contributed by atoms with Crippen LogP contribution in [-0.2, 0) is 16.7 Å². The molecule has 0 aliphatic carbocycles. The van der Waals surface area contributed by atoms with Gasteiger partial charge >= 0.3 is 0 Å². The Kier molecular flexibility index (Phi) is 6.03. The van der Waals surface area contributed by atoms with Crippen LogP contribution in [0.2, 0.25) is 5.02 Å². The lowest BCUT2D eigenvalue weighted by molar-refractivity contribution is 0.0918. The van der Waals surface area contributed by atoms with Gasteiger partial charge in [-0.15, -0.1) is 0 Å². The molecule has 0 N–H and O–H groups in total. The van der Waals surface area contributed by atoms with E-state index in [1.165, 1.54) is 18.4 Å². The number of rotatable bonds is 4. The number of nitrogens with zero attached hydrogens (tertiary/aromatic N) is 3. The Bertz CT molecular complexity index is 892. The highest BCUT2D eigenvalue weighted by Gasteiger charge is 2.23. The molecule has 1 aromatic heterocycles. The first-order valence-corrected chi connectivity index (χ1v) is 10.1. The largest absolute Gasteiger partial charge is 0.496 e. The number of hydrogen-bond acceptors (Lipinski definition) is 5. The van der Waals surface area contributed by atoms with Crippen molar-refractivity contribution in [2.45, 2.75) is 51.7 Å². The Hall–Kier alpha value is -1.70. The molecule has 3 rings (SSSR count). The molecule has 1 atom stereocenters. The fraction of sp³-hybridized carbons (Fsp3) is 0.526. The normalized spacial score (nSPS) is 18.1. The standard InChI is InChI=1S/C19H24ClN3O3S/c1-19(2,3)17-22-23(11-13-6-5-9-26-13)18(27-17)21-16(24)14-10-12(20)7-8-15(14)25-4/h7-8,10,13H,5-6,9,11H2,1-4H3/t13-/m1/s1. The topological polar surface area (TPSA) is 65.7 Å². The van der Waals surface area contributed by atoms with E-state index in [4.69, 9.17) is 26.2 Å². The molecule has 1 saturated heterocycles. The van der Waals surface area contributed by atoms with Gasteiger partial charge in [0.1, 0.15) is 10.8 Å². The Balaban J connectivity index is 2.02. The lowest BCUT2D eigenvalue weighted by Gasteiger charge is -2.13. The SMILES string of the molecule is COc1ccc(Cl)cc1C(=O)N=c1sc(C(C)(C)C)nn1C[C@H]1CCCO1. The van der Waals surface area contributed by atoms with Gasteiger partial charge in [-0.2, -0.15) is 10.1 Å². The third-order valence-corrected chi connectivity index (χ3v) is 5.86. The highest BCUT2D eigenvalue weighted by molar-refractivity contribution is 7.09. The van der Waals surface area contributed by atoms with Gasteiger partial charge < -0.3 is 9.47 Å². The molecule has 0 spiro atoms. The number of amides is 1. The number of carbonyl (C=O) groups is 1. The van der Waals surface area contributed by atoms with Gasteiger partial charge in [-0.05, 0) is 31.0 Å². The fourth-order valence-corrected chi connectivity index (χ4v) is 3.93. The minimum absolute atomic E-state index is 0.106. The molecule has 0 bridgehead atoms. The van der Waals surface area contributed by atoms with Crippen LogP contribution in [0.1, 0.15) is 49.0 Å². The number of ether oxygens (including phenoxy) is 2. The zero-order valence-electron chi connectivity index (χ0n) is 16.0. The first kappa shape index (κ1) is 20.0. The number of halogens is 1. The van der Waals surface area contributed by atoms with E-state index in [1.54, 1.807) is 22.9 Å². The van der Waals surface area contributed by atoms with Gasteiger partial charge in [-0.1, -0.05) is 43.7 Å². The van der Waals surface area contributed by atoms with Crippen LogP contribution >= 0.6 is 22.9 Å². The van der Waals surface area contributed by atoms with E-state index in [9.17, 15) is 4.79 Å². The molecular weight excluding hydrogens is 386 g/mol. The highest BCUT2D eigenvalue weighted by atomic mass is 35.5. The Morgan fingerprint density at radius 2 is 2.26 bits per heavy atom. The zero-order valence-corrected chi connectivity index (χ0v) is 17.6. The van der Waals surface area contributed by atoms with Gasteiger partial charge in [-0.25, -0.2) is 4.68 Å². The summed E-state index contributed by atoms with van der Waals surface area (Å²) in [5.41, 5.74) is 0.201. The number of carbonyl (C=O) groups excluding carboxylic acids is 1. The molecule has 146 valence electrons. The number of aromatic nitrogens is 2. The van der Waals surface area contributed by atoms with E-state index in [-0.39, 0.29) is 11.5 Å². The van der Waals surface area contributed by atoms with Gasteiger partial charge in [0.05, 0.1) is 25.3 Å². The van der Waals surface area contributed by atoms with Crippen LogP contribution < -0.4 is 9.54 Å². The van der Waals surface area contributed by atoms with Crippen molar-refractivity contribution in [1.82, 2.24) is 9.78 Å². The van der Waals surface area contributed by atoms with Crippen molar-refractivity contribution in [2.75, 3.05) is 13.7 Å². The van der Waals surface area contributed by atoms with Crippen molar-refractivity contribution in [2.24, 2.45) is 4.99 Å². The van der Waals surface area contributed by atoms with Crippen molar-refractivity contribution < 1.29 is 14.3 Å². The average molecular weight is 410 g/mol. The van der Waals surface area contributed by atoms with E-state index >= 15 is 0 Å². The van der Waals surface area contributed by atoms with Gasteiger partial charge in [0.25, 0.3) is 5.91 Å². The maximum Gasteiger partial charge on any atom is 0.283 e. The molecule has 1 aliphatic heterocycles. The molecule has 8 heteroatoms. The van der Waals surface area contributed by atoms with Crippen molar-refractivity contribution in [3.8, 4) is 5.75 Å². The number of hydrogen-bond donors (Lipinski definition) is 0. The average Bonchev–Trinajstić information content (AvgIpc) is 3.25. The summed E-state index contributed by atoms with van der Waals surface area (Å²) >= 11 is 7.47. The van der Waals surface area contributed by atoms with E-state index in [2.05, 4.69) is 25.8 Å². The number of benzene rings is 1. The summed E-state index contributed by atoms with van der Waals surface area (Å²) in [7, 11) is 1.52. The van der Waals surface area contributed by atoms with Crippen LogP contribution in [0.15, 0.2) is 23.2 Å². The maximum atomic E-state index is 12.8. The summed E-state index contributed by atoms with van der Waals surface area (Å²) in [6.07, 6.45) is 2.15. The first-order valence-electron chi connectivity index (χ1n) is 8.90. The van der Waals surface area contributed by atoms with Crippen molar-refractivity contribution in [1.29, 1.82) is 0 Å². The molecule has 1 fully saturated rings. The molecule has 0 saturated carbocycles. The second-order valence-corrected chi connectivity index (χ2v) is 8.91. The highest BCUT2D eigenvalue weighted by Crippen LogP contribution is 2.25. The van der Waals surface area contributed by atoms with Crippen LogP contribution in [0.25, 0.3) is 0 Å². The second kappa shape index (κ2) is 8.12. The molecule has 2 aromatic rings. The monoisotopic (exact) mass is 409 g/mol. The molecular formula is C19H24ClN3O3S.